The number of hydrogen-bond donors (Lipinski definition) is 1. The van der Waals surface area contributed by atoms with Gasteiger partial charge in [0.1, 0.15) is 5.54 Å². The highest BCUT2D eigenvalue weighted by atomic mass is 79.9. The van der Waals surface area contributed by atoms with Crippen molar-refractivity contribution in [1.29, 1.82) is 0 Å². The van der Waals surface area contributed by atoms with Gasteiger partial charge in [0.2, 0.25) is 0 Å². The van der Waals surface area contributed by atoms with Crippen LogP contribution in [0.25, 0.3) is 10.9 Å². The lowest BCUT2D eigenvalue weighted by Gasteiger charge is -2.21. The number of nitrogens with one attached hydrogen (secondary N) is 1. The monoisotopic (exact) mass is 344 g/mol. The summed E-state index contributed by atoms with van der Waals surface area (Å²) in [5, 5.41) is 3.56. The number of aromatic nitrogens is 1. The van der Waals surface area contributed by atoms with Crippen molar-refractivity contribution in [2.75, 3.05) is 0 Å². The Balaban J connectivity index is 1.88. The molecule has 3 rings (SSSR count). The molecule has 1 heterocycles. The van der Waals surface area contributed by atoms with Gasteiger partial charge in [-0.2, -0.15) is 13.2 Å². The van der Waals surface area contributed by atoms with Crippen molar-refractivity contribution in [3.8, 4) is 0 Å². The summed E-state index contributed by atoms with van der Waals surface area (Å²) in [5.74, 6) is 0. The molecule has 0 atom stereocenters. The van der Waals surface area contributed by atoms with Gasteiger partial charge in [-0.1, -0.05) is 28.1 Å². The summed E-state index contributed by atoms with van der Waals surface area (Å²) < 4.78 is 39.6. The van der Waals surface area contributed by atoms with Gasteiger partial charge in [-0.25, -0.2) is 0 Å². The second-order valence-corrected chi connectivity index (χ2v) is 5.89. The summed E-state index contributed by atoms with van der Waals surface area (Å²) in [7, 11) is 0. The molecule has 1 aliphatic carbocycles. The summed E-state index contributed by atoms with van der Waals surface area (Å²) in [5.41, 5.74) is -0.187. The maximum atomic E-state index is 12.9. The van der Waals surface area contributed by atoms with Crippen molar-refractivity contribution in [3.05, 3.63) is 40.5 Å². The third-order valence-electron chi connectivity index (χ3n) is 3.71. The number of alkyl halides is 3. The predicted octanol–water partition coefficient (Wildman–Crippen LogP) is 4.18. The van der Waals surface area contributed by atoms with E-state index in [1.807, 2.05) is 18.2 Å². The highest BCUT2D eigenvalue weighted by Gasteiger charge is 2.62. The van der Waals surface area contributed by atoms with E-state index in [0.29, 0.717) is 0 Å². The van der Waals surface area contributed by atoms with Crippen LogP contribution in [0.15, 0.2) is 34.9 Å². The maximum absolute atomic E-state index is 12.9. The fraction of sp³-hybridized carbons (Fsp3) is 0.357. The molecule has 20 heavy (non-hydrogen) atoms. The van der Waals surface area contributed by atoms with Gasteiger partial charge in [0.05, 0.1) is 5.52 Å². The minimum atomic E-state index is -4.19. The molecule has 1 saturated carbocycles. The highest BCUT2D eigenvalue weighted by molar-refractivity contribution is 9.10. The molecule has 0 aliphatic heterocycles. The summed E-state index contributed by atoms with van der Waals surface area (Å²) >= 11 is 3.43. The van der Waals surface area contributed by atoms with E-state index in [9.17, 15) is 13.2 Å². The maximum Gasteiger partial charge on any atom is 0.406 e. The average molecular weight is 345 g/mol. The Hall–Kier alpha value is -1.14. The van der Waals surface area contributed by atoms with Gasteiger partial charge in [-0.15, -0.1) is 0 Å². The second kappa shape index (κ2) is 4.70. The van der Waals surface area contributed by atoms with E-state index >= 15 is 0 Å². The predicted molar refractivity (Wildman–Crippen MR) is 74.3 cm³/mol. The van der Waals surface area contributed by atoms with Crippen LogP contribution in [0.1, 0.15) is 18.4 Å². The van der Waals surface area contributed by atoms with Gasteiger partial charge < -0.3 is 0 Å². The van der Waals surface area contributed by atoms with E-state index in [4.69, 9.17) is 0 Å². The molecule has 1 N–H and O–H groups in total. The van der Waals surface area contributed by atoms with Crippen molar-refractivity contribution >= 4 is 26.8 Å². The Morgan fingerprint density at radius 2 is 2.00 bits per heavy atom. The first kappa shape index (κ1) is 13.8. The van der Waals surface area contributed by atoms with Crippen molar-refractivity contribution in [2.24, 2.45) is 0 Å². The Bertz CT molecular complexity index is 650. The van der Waals surface area contributed by atoms with Crippen LogP contribution in [0.4, 0.5) is 13.2 Å². The second-order valence-electron chi connectivity index (χ2n) is 5.04. The zero-order chi connectivity index (χ0) is 14.4. The van der Waals surface area contributed by atoms with Crippen LogP contribution in [0.5, 0.6) is 0 Å². The fourth-order valence-corrected chi connectivity index (χ4v) is 2.74. The normalized spacial score (nSPS) is 17.4. The first-order valence-corrected chi connectivity index (χ1v) is 7.06. The third kappa shape index (κ3) is 2.31. The Morgan fingerprint density at radius 1 is 1.25 bits per heavy atom. The van der Waals surface area contributed by atoms with Crippen molar-refractivity contribution < 1.29 is 13.2 Å². The lowest BCUT2D eigenvalue weighted by Crippen LogP contribution is -2.44. The van der Waals surface area contributed by atoms with E-state index < -0.39 is 11.7 Å². The Labute approximate surface area is 122 Å². The van der Waals surface area contributed by atoms with Crippen LogP contribution in [-0.4, -0.2) is 16.7 Å². The average Bonchev–Trinajstić information content (AvgIpc) is 3.19. The van der Waals surface area contributed by atoms with E-state index in [1.54, 1.807) is 12.3 Å². The van der Waals surface area contributed by atoms with E-state index in [0.717, 1.165) is 20.9 Å². The topological polar surface area (TPSA) is 24.9 Å². The smallest absolute Gasteiger partial charge is 0.299 e. The molecule has 1 aromatic heterocycles. The zero-order valence-corrected chi connectivity index (χ0v) is 12.1. The van der Waals surface area contributed by atoms with E-state index in [-0.39, 0.29) is 19.4 Å². The van der Waals surface area contributed by atoms with Gasteiger partial charge in [0.15, 0.2) is 0 Å². The summed E-state index contributed by atoms with van der Waals surface area (Å²) in [6.07, 6.45) is -2.24. The summed E-state index contributed by atoms with van der Waals surface area (Å²) in [6.45, 7) is 0.167. The van der Waals surface area contributed by atoms with Crippen LogP contribution < -0.4 is 5.32 Å². The molecule has 1 aromatic carbocycles. The van der Waals surface area contributed by atoms with Gasteiger partial charge in [0, 0.05) is 22.6 Å². The first-order valence-electron chi connectivity index (χ1n) is 6.27. The molecule has 106 valence electrons. The van der Waals surface area contributed by atoms with Gasteiger partial charge in [-0.3, -0.25) is 10.3 Å². The Morgan fingerprint density at radius 3 is 2.65 bits per heavy atom. The fourth-order valence-electron chi connectivity index (χ4n) is 2.29. The van der Waals surface area contributed by atoms with Crippen LogP contribution in [0.3, 0.4) is 0 Å². The molecule has 0 unspecified atom stereocenters. The van der Waals surface area contributed by atoms with E-state index in [2.05, 4.69) is 26.2 Å². The lowest BCUT2D eigenvalue weighted by atomic mass is 10.1. The first-order chi connectivity index (χ1) is 9.43. The summed E-state index contributed by atoms with van der Waals surface area (Å²) in [6, 6.07) is 7.35. The number of fused-ring (bicyclic) bond motifs is 1. The van der Waals surface area contributed by atoms with Crippen LogP contribution in [0, 0.1) is 0 Å². The molecule has 2 nitrogen and oxygen atoms in total. The molecule has 6 heteroatoms. The molecule has 1 fully saturated rings. The molecule has 0 amide bonds. The molecular formula is C14H12BrF3N2. The molecule has 2 aromatic rings. The molecule has 1 aliphatic rings. The third-order valence-corrected chi connectivity index (χ3v) is 4.40. The summed E-state index contributed by atoms with van der Waals surface area (Å²) in [4.78, 5) is 4.27. The van der Waals surface area contributed by atoms with Gasteiger partial charge in [-0.05, 0) is 30.5 Å². The largest absolute Gasteiger partial charge is 0.406 e. The number of hydrogen-bond acceptors (Lipinski definition) is 2. The molecular weight excluding hydrogens is 333 g/mol. The van der Waals surface area contributed by atoms with Gasteiger partial charge >= 0.3 is 6.18 Å². The van der Waals surface area contributed by atoms with Crippen molar-refractivity contribution in [2.45, 2.75) is 31.1 Å². The quantitative estimate of drug-likeness (QED) is 0.903. The van der Waals surface area contributed by atoms with Crippen molar-refractivity contribution in [1.82, 2.24) is 10.3 Å². The van der Waals surface area contributed by atoms with Crippen LogP contribution in [0.2, 0.25) is 0 Å². The number of nitrogens with zero attached hydrogens (tertiary/aromatic N) is 1. The molecule has 0 bridgehead atoms. The SMILES string of the molecule is FC(F)(F)C1(NCc2ccc(Br)c3cccnc23)CC1. The van der Waals surface area contributed by atoms with Crippen LogP contribution in [-0.2, 0) is 6.54 Å². The van der Waals surface area contributed by atoms with Gasteiger partial charge in [0.25, 0.3) is 0 Å². The standard InChI is InChI=1S/C14H12BrF3N2/c15-11-4-3-9(12-10(11)2-1-7-19-12)8-20-13(5-6-13)14(16,17)18/h1-4,7,20H,5-6,8H2. The highest BCUT2D eigenvalue weighted by Crippen LogP contribution is 2.49. The minimum Gasteiger partial charge on any atom is -0.299 e. The van der Waals surface area contributed by atoms with Crippen LogP contribution >= 0.6 is 15.9 Å². The Kier molecular flexibility index (Phi) is 3.25. The number of rotatable bonds is 3. The molecule has 0 spiro atoms. The number of pyridine rings is 1. The number of halogens is 4. The molecule has 0 saturated heterocycles. The molecule has 0 radical (unpaired) electrons. The van der Waals surface area contributed by atoms with E-state index in [1.165, 1.54) is 0 Å². The van der Waals surface area contributed by atoms with Crippen molar-refractivity contribution in [3.63, 3.8) is 0 Å². The lowest BCUT2D eigenvalue weighted by molar-refractivity contribution is -0.166. The number of benzene rings is 1. The minimum absolute atomic E-state index is 0.151. The zero-order valence-electron chi connectivity index (χ0n) is 10.5.